The van der Waals surface area contributed by atoms with Crippen molar-refractivity contribution in [2.75, 3.05) is 33.3 Å². The van der Waals surface area contributed by atoms with Crippen LogP contribution in [0.15, 0.2) is 36.8 Å². The summed E-state index contributed by atoms with van der Waals surface area (Å²) in [6.07, 6.45) is 7.61. The summed E-state index contributed by atoms with van der Waals surface area (Å²) in [6.45, 7) is 8.73. The van der Waals surface area contributed by atoms with Crippen LogP contribution in [-0.4, -0.2) is 58.5 Å². The van der Waals surface area contributed by atoms with Gasteiger partial charge in [0.15, 0.2) is 0 Å². The van der Waals surface area contributed by atoms with E-state index in [0.717, 1.165) is 56.5 Å². The fourth-order valence-electron chi connectivity index (χ4n) is 5.42. The Morgan fingerprint density at radius 1 is 1.23 bits per heavy atom. The van der Waals surface area contributed by atoms with Crippen molar-refractivity contribution in [1.29, 1.82) is 0 Å². The van der Waals surface area contributed by atoms with Gasteiger partial charge in [0.05, 0.1) is 24.5 Å². The van der Waals surface area contributed by atoms with E-state index in [1.54, 1.807) is 7.11 Å². The third-order valence-corrected chi connectivity index (χ3v) is 7.47. The van der Waals surface area contributed by atoms with Crippen LogP contribution in [-0.2, 0) is 11.3 Å². The van der Waals surface area contributed by atoms with Crippen LogP contribution in [0.4, 0.5) is 0 Å². The molecule has 2 aliphatic heterocycles. The lowest BCUT2D eigenvalue weighted by Crippen LogP contribution is -2.40. The summed E-state index contributed by atoms with van der Waals surface area (Å²) >= 11 is 0. The summed E-state index contributed by atoms with van der Waals surface area (Å²) < 4.78 is 7.46. The molecule has 1 aromatic heterocycles. The largest absolute Gasteiger partial charge is 0.497 e. The zero-order valence-corrected chi connectivity index (χ0v) is 19.0. The summed E-state index contributed by atoms with van der Waals surface area (Å²) in [5.74, 6) is 2.12. The maximum absolute atomic E-state index is 13.7. The van der Waals surface area contributed by atoms with Crippen molar-refractivity contribution in [3.05, 3.63) is 48.0 Å². The maximum atomic E-state index is 13.7. The van der Waals surface area contributed by atoms with Crippen LogP contribution in [0.1, 0.15) is 56.3 Å². The van der Waals surface area contributed by atoms with Crippen molar-refractivity contribution >= 4 is 5.91 Å². The molecule has 1 amide bonds. The van der Waals surface area contributed by atoms with Crippen molar-refractivity contribution in [2.24, 2.45) is 11.3 Å². The van der Waals surface area contributed by atoms with Gasteiger partial charge in [-0.2, -0.15) is 0 Å². The second-order valence-corrected chi connectivity index (χ2v) is 10.0. The number of aromatic nitrogens is 2. The number of rotatable bonds is 7. The lowest BCUT2D eigenvalue weighted by atomic mass is 9.75. The normalized spacial score (nSPS) is 26.5. The first-order valence-corrected chi connectivity index (χ1v) is 11.7. The Kier molecular flexibility index (Phi) is 5.29. The minimum atomic E-state index is -0.336. The topological polar surface area (TPSA) is 50.6 Å². The number of hydrogen-bond donors (Lipinski definition) is 0. The molecular weight excluding hydrogens is 388 g/mol. The number of carbonyl (C=O) groups excluding carboxylic acids is 1. The molecule has 2 saturated heterocycles. The molecule has 6 nitrogen and oxygen atoms in total. The van der Waals surface area contributed by atoms with Crippen molar-refractivity contribution in [2.45, 2.75) is 51.6 Å². The summed E-state index contributed by atoms with van der Waals surface area (Å²) in [5, 5.41) is 0. The van der Waals surface area contributed by atoms with Gasteiger partial charge in [-0.1, -0.05) is 12.1 Å². The quantitative estimate of drug-likeness (QED) is 0.683. The van der Waals surface area contributed by atoms with Crippen molar-refractivity contribution in [3.8, 4) is 5.75 Å². The molecule has 1 aliphatic carbocycles. The summed E-state index contributed by atoms with van der Waals surface area (Å²) in [4.78, 5) is 23.1. The highest BCUT2D eigenvalue weighted by molar-refractivity contribution is 5.87. The van der Waals surface area contributed by atoms with E-state index in [-0.39, 0.29) is 11.3 Å². The Morgan fingerprint density at radius 3 is 2.65 bits per heavy atom. The van der Waals surface area contributed by atoms with Gasteiger partial charge in [0, 0.05) is 50.9 Å². The maximum Gasteiger partial charge on any atom is 0.230 e. The number of amides is 1. The first-order valence-electron chi connectivity index (χ1n) is 11.7. The van der Waals surface area contributed by atoms with Gasteiger partial charge in [-0.3, -0.25) is 9.69 Å². The average molecular weight is 423 g/mol. The number of carbonyl (C=O) groups is 1. The average Bonchev–Trinajstić information content (AvgIpc) is 3.19. The molecule has 166 valence electrons. The molecule has 31 heavy (non-hydrogen) atoms. The predicted octanol–water partition coefficient (Wildman–Crippen LogP) is 3.70. The smallest absolute Gasteiger partial charge is 0.230 e. The van der Waals surface area contributed by atoms with Crippen LogP contribution < -0.4 is 4.74 Å². The van der Waals surface area contributed by atoms with Gasteiger partial charge in [-0.05, 0) is 56.7 Å². The molecule has 3 fully saturated rings. The standard InChI is InChI=1S/C25H34N4O2/c1-18(2)29-15-23(26-17-29)22-14-27(12-19-6-8-21(31-3)9-7-19)16-25(22)10-11-28(24(25)30)13-20-4-5-20/h6-9,15,17-18,20,22H,4-5,10-14,16H2,1-3H3/t22-,25-/m1/s1. The highest BCUT2D eigenvalue weighted by Crippen LogP contribution is 2.50. The van der Waals surface area contributed by atoms with Crippen LogP contribution in [0.5, 0.6) is 5.75 Å². The zero-order valence-electron chi connectivity index (χ0n) is 19.0. The predicted molar refractivity (Wildman–Crippen MR) is 120 cm³/mol. The Balaban J connectivity index is 1.40. The Labute approximate surface area is 185 Å². The van der Waals surface area contributed by atoms with E-state index in [2.05, 4.69) is 46.5 Å². The molecule has 1 saturated carbocycles. The molecule has 5 rings (SSSR count). The Morgan fingerprint density at radius 2 is 2.00 bits per heavy atom. The van der Waals surface area contributed by atoms with Crippen LogP contribution in [0.2, 0.25) is 0 Å². The third-order valence-electron chi connectivity index (χ3n) is 7.47. The number of benzene rings is 1. The molecule has 2 aromatic rings. The second kappa shape index (κ2) is 7.97. The van der Waals surface area contributed by atoms with Crippen molar-refractivity contribution in [3.63, 3.8) is 0 Å². The monoisotopic (exact) mass is 422 g/mol. The highest BCUT2D eigenvalue weighted by Gasteiger charge is 2.58. The number of likely N-dealkylation sites (tertiary alicyclic amines) is 2. The molecule has 3 aliphatic rings. The van der Waals surface area contributed by atoms with E-state index < -0.39 is 0 Å². The Hall–Kier alpha value is -2.34. The molecule has 3 heterocycles. The number of imidazole rings is 1. The van der Waals surface area contributed by atoms with Gasteiger partial charge >= 0.3 is 0 Å². The van der Waals surface area contributed by atoms with E-state index in [1.807, 2.05) is 18.5 Å². The molecule has 0 radical (unpaired) electrons. The van der Waals surface area contributed by atoms with Crippen LogP contribution >= 0.6 is 0 Å². The molecule has 1 spiro atoms. The van der Waals surface area contributed by atoms with Gasteiger partial charge in [0.1, 0.15) is 5.75 Å². The van der Waals surface area contributed by atoms with Gasteiger partial charge < -0.3 is 14.2 Å². The second-order valence-electron chi connectivity index (χ2n) is 10.0. The van der Waals surface area contributed by atoms with Gasteiger partial charge in [0.25, 0.3) is 0 Å². The van der Waals surface area contributed by atoms with E-state index in [9.17, 15) is 4.79 Å². The first kappa shape index (κ1) is 20.6. The summed E-state index contributed by atoms with van der Waals surface area (Å²) in [5.41, 5.74) is 1.99. The number of nitrogens with zero attached hydrogens (tertiary/aromatic N) is 4. The van der Waals surface area contributed by atoms with E-state index in [0.29, 0.717) is 11.9 Å². The van der Waals surface area contributed by atoms with Gasteiger partial charge in [0.2, 0.25) is 5.91 Å². The van der Waals surface area contributed by atoms with Gasteiger partial charge in [-0.15, -0.1) is 0 Å². The molecule has 0 unspecified atom stereocenters. The molecule has 0 N–H and O–H groups in total. The molecule has 2 atom stereocenters. The lowest BCUT2D eigenvalue weighted by molar-refractivity contribution is -0.136. The Bertz CT molecular complexity index is 933. The first-order chi connectivity index (χ1) is 15.0. The summed E-state index contributed by atoms with van der Waals surface area (Å²) in [7, 11) is 1.69. The van der Waals surface area contributed by atoms with Crippen LogP contribution in [0, 0.1) is 11.3 Å². The lowest BCUT2D eigenvalue weighted by Gasteiger charge is -2.28. The number of methoxy groups -OCH3 is 1. The minimum Gasteiger partial charge on any atom is -0.497 e. The number of ether oxygens (including phenoxy) is 1. The molecule has 1 aromatic carbocycles. The fraction of sp³-hybridized carbons (Fsp3) is 0.600. The minimum absolute atomic E-state index is 0.155. The third kappa shape index (κ3) is 3.86. The van der Waals surface area contributed by atoms with Crippen molar-refractivity contribution < 1.29 is 9.53 Å². The van der Waals surface area contributed by atoms with E-state index in [4.69, 9.17) is 9.72 Å². The molecule has 6 heteroatoms. The fourth-order valence-corrected chi connectivity index (χ4v) is 5.42. The van der Waals surface area contributed by atoms with E-state index >= 15 is 0 Å². The van der Waals surface area contributed by atoms with Crippen LogP contribution in [0.3, 0.4) is 0 Å². The summed E-state index contributed by atoms with van der Waals surface area (Å²) in [6, 6.07) is 8.66. The zero-order chi connectivity index (χ0) is 21.6. The van der Waals surface area contributed by atoms with Crippen molar-refractivity contribution in [1.82, 2.24) is 19.4 Å². The molecule has 0 bridgehead atoms. The number of hydrogen-bond acceptors (Lipinski definition) is 4. The SMILES string of the molecule is COc1ccc(CN2C[C@H](c3cn(C(C)C)cn3)[C@@]3(CCN(CC4CC4)C3=O)C2)cc1. The molecular formula is C25H34N4O2. The highest BCUT2D eigenvalue weighted by atomic mass is 16.5. The van der Waals surface area contributed by atoms with Crippen LogP contribution in [0.25, 0.3) is 0 Å². The van der Waals surface area contributed by atoms with E-state index in [1.165, 1.54) is 18.4 Å². The van der Waals surface area contributed by atoms with Gasteiger partial charge in [-0.25, -0.2) is 4.98 Å².